The minimum absolute atomic E-state index is 0.0808. The first-order valence-corrected chi connectivity index (χ1v) is 8.57. The number of nitrogens with zero attached hydrogens (tertiary/aromatic N) is 3. The van der Waals surface area contributed by atoms with Gasteiger partial charge < -0.3 is 15.5 Å². The number of fused-ring (bicyclic) bond motifs is 1. The molecule has 3 rings (SSSR count). The maximum atomic E-state index is 12.5. The first-order valence-electron chi connectivity index (χ1n) is 8.57. The predicted octanol–water partition coefficient (Wildman–Crippen LogP) is 2.85. The number of amides is 1. The highest BCUT2D eigenvalue weighted by Crippen LogP contribution is 2.18. The number of hydrogen-bond donors (Lipinski definition) is 2. The maximum Gasteiger partial charge on any atom is 0.251 e. The van der Waals surface area contributed by atoms with E-state index in [4.69, 9.17) is 0 Å². The van der Waals surface area contributed by atoms with Gasteiger partial charge in [0.2, 0.25) is 5.95 Å². The Morgan fingerprint density at radius 1 is 1.04 bits per heavy atom. The van der Waals surface area contributed by atoms with Crippen molar-refractivity contribution >= 4 is 28.4 Å². The molecule has 0 saturated carbocycles. The van der Waals surface area contributed by atoms with Crippen molar-refractivity contribution in [3.8, 4) is 0 Å². The molecule has 0 saturated heterocycles. The van der Waals surface area contributed by atoms with Gasteiger partial charge in [0.1, 0.15) is 5.82 Å². The summed E-state index contributed by atoms with van der Waals surface area (Å²) in [4.78, 5) is 23.2. The van der Waals surface area contributed by atoms with Crippen LogP contribution < -0.4 is 15.5 Å². The van der Waals surface area contributed by atoms with E-state index in [0.717, 1.165) is 22.3 Å². The Hall–Kier alpha value is -3.15. The van der Waals surface area contributed by atoms with Crippen LogP contribution in [0.4, 0.5) is 11.8 Å². The van der Waals surface area contributed by atoms with Crippen LogP contribution in [0.1, 0.15) is 16.1 Å². The second-order valence-corrected chi connectivity index (χ2v) is 6.29. The summed E-state index contributed by atoms with van der Waals surface area (Å²) >= 11 is 0. The van der Waals surface area contributed by atoms with Gasteiger partial charge in [-0.3, -0.25) is 4.79 Å². The maximum absolute atomic E-state index is 12.5. The molecule has 26 heavy (non-hydrogen) atoms. The second-order valence-electron chi connectivity index (χ2n) is 6.29. The average Bonchev–Trinajstić information content (AvgIpc) is 2.64. The van der Waals surface area contributed by atoms with Crippen LogP contribution in [0.25, 0.3) is 10.8 Å². The topological polar surface area (TPSA) is 70.2 Å². The summed E-state index contributed by atoms with van der Waals surface area (Å²) < 4.78 is 0. The van der Waals surface area contributed by atoms with Crippen LogP contribution in [-0.4, -0.2) is 43.1 Å². The summed E-state index contributed by atoms with van der Waals surface area (Å²) in [5.74, 6) is 1.33. The fourth-order valence-corrected chi connectivity index (χ4v) is 2.73. The van der Waals surface area contributed by atoms with Crippen molar-refractivity contribution in [1.29, 1.82) is 0 Å². The van der Waals surface area contributed by atoms with Gasteiger partial charge in [0, 0.05) is 44.5 Å². The number of hydrogen-bond acceptors (Lipinski definition) is 5. The molecular formula is C20H23N5O. The summed E-state index contributed by atoms with van der Waals surface area (Å²) in [5, 5.41) is 8.12. The predicted molar refractivity (Wildman–Crippen MR) is 106 cm³/mol. The lowest BCUT2D eigenvalue weighted by molar-refractivity contribution is 0.0957. The molecule has 0 atom stereocenters. The van der Waals surface area contributed by atoms with E-state index < -0.39 is 0 Å². The van der Waals surface area contributed by atoms with Gasteiger partial charge in [0.25, 0.3) is 5.91 Å². The summed E-state index contributed by atoms with van der Waals surface area (Å²) in [6.45, 7) is 2.96. The van der Waals surface area contributed by atoms with E-state index in [2.05, 4.69) is 20.6 Å². The molecule has 0 unspecified atom stereocenters. The number of carbonyl (C=O) groups is 1. The van der Waals surface area contributed by atoms with E-state index in [1.54, 1.807) is 0 Å². The van der Waals surface area contributed by atoms with Crippen LogP contribution in [0.3, 0.4) is 0 Å². The van der Waals surface area contributed by atoms with Crippen LogP contribution >= 0.6 is 0 Å². The standard InChI is InChI=1S/C20H23N5O/c1-14-13-18(25(2)3)24-20(23-14)22-12-11-21-19(26)17-10-6-8-15-7-4-5-9-16(15)17/h4-10,13H,11-12H2,1-3H3,(H,21,26)(H,22,23,24). The summed E-state index contributed by atoms with van der Waals surface area (Å²) in [7, 11) is 3.88. The first-order chi connectivity index (χ1) is 12.5. The largest absolute Gasteiger partial charge is 0.363 e. The van der Waals surface area contributed by atoms with E-state index in [-0.39, 0.29) is 5.91 Å². The summed E-state index contributed by atoms with van der Waals surface area (Å²) in [5.41, 5.74) is 1.58. The van der Waals surface area contributed by atoms with Gasteiger partial charge in [-0.05, 0) is 23.8 Å². The van der Waals surface area contributed by atoms with Crippen molar-refractivity contribution in [1.82, 2.24) is 15.3 Å². The number of rotatable bonds is 6. The number of aryl methyl sites for hydroxylation is 1. The Morgan fingerprint density at radius 3 is 2.62 bits per heavy atom. The highest BCUT2D eigenvalue weighted by molar-refractivity contribution is 6.06. The van der Waals surface area contributed by atoms with Crippen LogP contribution in [0.2, 0.25) is 0 Å². The second kappa shape index (κ2) is 7.82. The Kier molecular flexibility index (Phi) is 5.31. The molecule has 2 N–H and O–H groups in total. The van der Waals surface area contributed by atoms with Crippen molar-refractivity contribution in [2.24, 2.45) is 0 Å². The lowest BCUT2D eigenvalue weighted by atomic mass is 10.0. The lowest BCUT2D eigenvalue weighted by Gasteiger charge is -2.14. The molecule has 1 heterocycles. The molecule has 6 nitrogen and oxygen atoms in total. The fraction of sp³-hybridized carbons (Fsp3) is 0.250. The molecule has 0 aliphatic heterocycles. The highest BCUT2D eigenvalue weighted by atomic mass is 16.1. The SMILES string of the molecule is Cc1cc(N(C)C)nc(NCCNC(=O)c2cccc3ccccc23)n1. The smallest absolute Gasteiger partial charge is 0.251 e. The Morgan fingerprint density at radius 2 is 1.81 bits per heavy atom. The Labute approximate surface area is 153 Å². The molecule has 134 valence electrons. The van der Waals surface area contributed by atoms with Gasteiger partial charge >= 0.3 is 0 Å². The number of aromatic nitrogens is 2. The zero-order valence-corrected chi connectivity index (χ0v) is 15.3. The fourth-order valence-electron chi connectivity index (χ4n) is 2.73. The minimum Gasteiger partial charge on any atom is -0.363 e. The van der Waals surface area contributed by atoms with Gasteiger partial charge in [-0.2, -0.15) is 4.98 Å². The van der Waals surface area contributed by atoms with Crippen LogP contribution in [0.15, 0.2) is 48.5 Å². The number of anilines is 2. The molecule has 1 amide bonds. The molecule has 3 aromatic rings. The van der Waals surface area contributed by atoms with Gasteiger partial charge in [0.05, 0.1) is 0 Å². The molecule has 0 aliphatic carbocycles. The summed E-state index contributed by atoms with van der Waals surface area (Å²) in [6.07, 6.45) is 0. The van der Waals surface area contributed by atoms with Gasteiger partial charge in [-0.15, -0.1) is 0 Å². The van der Waals surface area contributed by atoms with Crippen molar-refractivity contribution in [3.63, 3.8) is 0 Å². The van der Waals surface area contributed by atoms with E-state index in [1.165, 1.54) is 0 Å². The van der Waals surface area contributed by atoms with Crippen molar-refractivity contribution in [2.75, 3.05) is 37.4 Å². The number of nitrogens with one attached hydrogen (secondary N) is 2. The van der Waals surface area contributed by atoms with E-state index in [0.29, 0.717) is 24.6 Å². The zero-order chi connectivity index (χ0) is 18.5. The van der Waals surface area contributed by atoms with Crippen molar-refractivity contribution < 1.29 is 4.79 Å². The molecule has 0 fully saturated rings. The van der Waals surface area contributed by atoms with E-state index in [9.17, 15) is 4.79 Å². The van der Waals surface area contributed by atoms with Crippen molar-refractivity contribution in [3.05, 3.63) is 59.8 Å². The van der Waals surface area contributed by atoms with Crippen LogP contribution in [-0.2, 0) is 0 Å². The zero-order valence-electron chi connectivity index (χ0n) is 15.3. The molecule has 0 bridgehead atoms. The number of carbonyl (C=O) groups excluding carboxylic acids is 1. The van der Waals surface area contributed by atoms with Gasteiger partial charge in [-0.25, -0.2) is 4.98 Å². The molecule has 0 radical (unpaired) electrons. The quantitative estimate of drug-likeness (QED) is 0.670. The van der Waals surface area contributed by atoms with Gasteiger partial charge in [0.15, 0.2) is 0 Å². The lowest BCUT2D eigenvalue weighted by Crippen LogP contribution is -2.29. The molecule has 6 heteroatoms. The molecule has 0 spiro atoms. The van der Waals surface area contributed by atoms with Gasteiger partial charge in [-0.1, -0.05) is 36.4 Å². The molecular weight excluding hydrogens is 326 g/mol. The van der Waals surface area contributed by atoms with E-state index in [1.807, 2.05) is 74.4 Å². The first kappa shape index (κ1) is 17.7. The van der Waals surface area contributed by atoms with Crippen molar-refractivity contribution in [2.45, 2.75) is 6.92 Å². The van der Waals surface area contributed by atoms with Crippen LogP contribution in [0.5, 0.6) is 0 Å². The molecule has 1 aromatic heterocycles. The average molecular weight is 349 g/mol. The molecule has 0 aliphatic rings. The third-order valence-electron chi connectivity index (χ3n) is 4.03. The van der Waals surface area contributed by atoms with Crippen LogP contribution in [0, 0.1) is 6.92 Å². The third kappa shape index (κ3) is 4.08. The normalized spacial score (nSPS) is 10.6. The molecule has 2 aromatic carbocycles. The monoisotopic (exact) mass is 349 g/mol. The highest BCUT2D eigenvalue weighted by Gasteiger charge is 2.09. The number of benzene rings is 2. The Balaban J connectivity index is 1.59. The third-order valence-corrected chi connectivity index (χ3v) is 4.03. The minimum atomic E-state index is -0.0808. The summed E-state index contributed by atoms with van der Waals surface area (Å²) in [6, 6.07) is 15.6. The Bertz CT molecular complexity index is 918. The van der Waals surface area contributed by atoms with E-state index >= 15 is 0 Å².